The van der Waals surface area contributed by atoms with Crippen LogP contribution in [-0.4, -0.2) is 28.6 Å². The maximum Gasteiger partial charge on any atom is 0.433 e. The van der Waals surface area contributed by atoms with Gasteiger partial charge in [-0.3, -0.25) is 20.5 Å². The number of hydrogen-bond acceptors (Lipinski definition) is 7. The van der Waals surface area contributed by atoms with Gasteiger partial charge in [0.05, 0.1) is 18.8 Å². The fraction of sp³-hybridized carbons (Fsp3) is 0.250. The third-order valence-electron chi connectivity index (χ3n) is 1.73. The van der Waals surface area contributed by atoms with Gasteiger partial charge in [-0.1, -0.05) is 11.8 Å². The van der Waals surface area contributed by atoms with Gasteiger partial charge < -0.3 is 4.42 Å². The van der Waals surface area contributed by atoms with E-state index in [0.29, 0.717) is 5.76 Å². The molecule has 8 heteroatoms. The van der Waals surface area contributed by atoms with Crippen molar-refractivity contribution in [1.82, 2.24) is 5.43 Å². The maximum absolute atomic E-state index is 10.3. The van der Waals surface area contributed by atoms with Gasteiger partial charge in [-0.25, -0.2) is 0 Å². The molecule has 0 radical (unpaired) electrons. The molecule has 84 valence electrons. The van der Waals surface area contributed by atoms with Crippen LogP contribution in [0.15, 0.2) is 26.6 Å². The van der Waals surface area contributed by atoms with Crippen LogP contribution in [0, 0.1) is 10.1 Å². The Bertz CT molecular complexity index is 454. The lowest BCUT2D eigenvalue weighted by molar-refractivity contribution is -0.402. The molecule has 16 heavy (non-hydrogen) atoms. The van der Waals surface area contributed by atoms with Crippen LogP contribution in [0.2, 0.25) is 0 Å². The van der Waals surface area contributed by atoms with E-state index < -0.39 is 4.92 Å². The zero-order valence-electron chi connectivity index (χ0n) is 8.12. The lowest BCUT2D eigenvalue weighted by Gasteiger charge is -1.94. The Morgan fingerprint density at radius 1 is 1.69 bits per heavy atom. The second kappa shape index (κ2) is 4.79. The van der Waals surface area contributed by atoms with Gasteiger partial charge in [0.2, 0.25) is 0 Å². The predicted molar refractivity (Wildman–Crippen MR) is 60.9 cm³/mol. The normalized spacial score (nSPS) is 15.4. The summed E-state index contributed by atoms with van der Waals surface area (Å²) in [7, 11) is 0. The van der Waals surface area contributed by atoms with Crippen molar-refractivity contribution in [3.8, 4) is 0 Å². The molecule has 1 aromatic rings. The first kappa shape index (κ1) is 10.7. The number of thioether (sulfide) groups is 1. The Balaban J connectivity index is 1.92. The van der Waals surface area contributed by atoms with Crippen LogP contribution < -0.4 is 5.43 Å². The maximum atomic E-state index is 10.3. The zero-order chi connectivity index (χ0) is 11.4. The Morgan fingerprint density at radius 2 is 2.56 bits per heavy atom. The molecular weight excluding hydrogens is 232 g/mol. The first-order chi connectivity index (χ1) is 7.75. The molecule has 0 bridgehead atoms. The van der Waals surface area contributed by atoms with Gasteiger partial charge >= 0.3 is 5.88 Å². The van der Waals surface area contributed by atoms with E-state index in [1.807, 2.05) is 0 Å². The summed E-state index contributed by atoms with van der Waals surface area (Å²) in [5.41, 5.74) is 2.72. The molecule has 0 spiro atoms. The van der Waals surface area contributed by atoms with Gasteiger partial charge in [0.1, 0.15) is 4.92 Å². The summed E-state index contributed by atoms with van der Waals surface area (Å²) in [4.78, 5) is 13.8. The molecule has 1 aromatic heterocycles. The van der Waals surface area contributed by atoms with E-state index >= 15 is 0 Å². The van der Waals surface area contributed by atoms with Crippen LogP contribution in [0.25, 0.3) is 0 Å². The fourth-order valence-electron chi connectivity index (χ4n) is 1.06. The number of hydrazone groups is 1. The van der Waals surface area contributed by atoms with Crippen LogP contribution in [0.3, 0.4) is 0 Å². The zero-order valence-corrected chi connectivity index (χ0v) is 8.94. The number of furan rings is 1. The first-order valence-electron chi connectivity index (χ1n) is 4.46. The van der Waals surface area contributed by atoms with Crippen molar-refractivity contribution in [3.63, 3.8) is 0 Å². The van der Waals surface area contributed by atoms with E-state index in [-0.39, 0.29) is 5.88 Å². The highest BCUT2D eigenvalue weighted by atomic mass is 32.2. The Hall–Kier alpha value is -1.83. The lowest BCUT2D eigenvalue weighted by Crippen LogP contribution is -2.11. The monoisotopic (exact) mass is 240 g/mol. The second-order valence-electron chi connectivity index (χ2n) is 2.84. The number of nitrogens with one attached hydrogen (secondary N) is 1. The molecule has 0 saturated carbocycles. The number of nitro groups is 1. The van der Waals surface area contributed by atoms with Gasteiger partial charge in [0.15, 0.2) is 10.9 Å². The number of aliphatic imine (C=N–C) groups is 1. The summed E-state index contributed by atoms with van der Waals surface area (Å²) >= 11 is 1.57. The summed E-state index contributed by atoms with van der Waals surface area (Å²) in [6.45, 7) is 0.786. The molecule has 0 fully saturated rings. The van der Waals surface area contributed by atoms with E-state index in [0.717, 1.165) is 17.5 Å². The first-order valence-corrected chi connectivity index (χ1v) is 5.45. The van der Waals surface area contributed by atoms with Crippen LogP contribution in [0.5, 0.6) is 0 Å². The average Bonchev–Trinajstić information content (AvgIpc) is 2.87. The SMILES string of the molecule is O=[N+]([O-])c1ccc(/C=N/NC2=NCCS2)o1. The molecule has 2 rings (SSSR count). The Labute approximate surface area is 94.8 Å². The topological polar surface area (TPSA) is 93.0 Å². The summed E-state index contributed by atoms with van der Waals surface area (Å²) in [6, 6.07) is 2.76. The highest BCUT2D eigenvalue weighted by Crippen LogP contribution is 2.14. The van der Waals surface area contributed by atoms with Gasteiger partial charge in [-0.05, 0) is 6.07 Å². The van der Waals surface area contributed by atoms with Crippen LogP contribution in [0.1, 0.15) is 5.76 Å². The quantitative estimate of drug-likeness (QED) is 0.487. The molecule has 1 aliphatic rings. The number of amidine groups is 1. The Morgan fingerprint density at radius 3 is 3.19 bits per heavy atom. The molecule has 0 amide bonds. The highest BCUT2D eigenvalue weighted by Gasteiger charge is 2.10. The number of nitrogens with zero attached hydrogens (tertiary/aromatic N) is 3. The minimum Gasteiger partial charge on any atom is -0.400 e. The molecule has 7 nitrogen and oxygen atoms in total. The molecular formula is C8H8N4O3S. The molecule has 1 aliphatic heterocycles. The molecule has 2 heterocycles. The van der Waals surface area contributed by atoms with E-state index in [4.69, 9.17) is 4.42 Å². The molecule has 0 unspecified atom stereocenters. The predicted octanol–water partition coefficient (Wildman–Crippen LogP) is 1.21. The van der Waals surface area contributed by atoms with Crippen molar-refractivity contribution < 1.29 is 9.34 Å². The van der Waals surface area contributed by atoms with Crippen molar-refractivity contribution in [3.05, 3.63) is 28.0 Å². The van der Waals surface area contributed by atoms with Gasteiger partial charge in [0, 0.05) is 5.75 Å². The molecule has 1 N–H and O–H groups in total. The third-order valence-corrected chi connectivity index (χ3v) is 2.61. The molecule has 0 aromatic carbocycles. The lowest BCUT2D eigenvalue weighted by atomic mass is 10.5. The minimum atomic E-state index is -0.596. The molecule has 0 aliphatic carbocycles. The smallest absolute Gasteiger partial charge is 0.400 e. The molecule has 0 atom stereocenters. The van der Waals surface area contributed by atoms with E-state index in [9.17, 15) is 10.1 Å². The fourth-order valence-corrected chi connectivity index (χ4v) is 1.74. The highest BCUT2D eigenvalue weighted by molar-refractivity contribution is 8.14. The van der Waals surface area contributed by atoms with Gasteiger partial charge in [-0.2, -0.15) is 5.10 Å². The summed E-state index contributed by atoms with van der Waals surface area (Å²) < 4.78 is 4.87. The van der Waals surface area contributed by atoms with Crippen molar-refractivity contribution in [2.75, 3.05) is 12.3 Å². The van der Waals surface area contributed by atoms with Crippen LogP contribution >= 0.6 is 11.8 Å². The van der Waals surface area contributed by atoms with E-state index in [1.165, 1.54) is 18.3 Å². The Kier molecular flexibility index (Phi) is 3.20. The summed E-state index contributed by atoms with van der Waals surface area (Å²) in [5.74, 6) is 0.973. The van der Waals surface area contributed by atoms with Crippen molar-refractivity contribution >= 4 is 29.0 Å². The standard InChI is InChI=1S/C8H8N4O3S/c13-12(14)7-2-1-6(15-7)5-10-11-8-9-3-4-16-8/h1-2,5H,3-4H2,(H,9,11)/b10-5+. The minimum absolute atomic E-state index is 0.297. The van der Waals surface area contributed by atoms with Crippen molar-refractivity contribution in [2.45, 2.75) is 0 Å². The number of rotatable bonds is 3. The van der Waals surface area contributed by atoms with E-state index in [1.54, 1.807) is 11.8 Å². The van der Waals surface area contributed by atoms with Gasteiger partial charge in [0.25, 0.3) is 0 Å². The number of hydrogen-bond donors (Lipinski definition) is 1. The third kappa shape index (κ3) is 2.60. The van der Waals surface area contributed by atoms with Crippen LogP contribution in [-0.2, 0) is 0 Å². The molecule has 0 saturated heterocycles. The summed E-state index contributed by atoms with van der Waals surface area (Å²) in [6.07, 6.45) is 1.37. The second-order valence-corrected chi connectivity index (χ2v) is 3.92. The van der Waals surface area contributed by atoms with Crippen LogP contribution in [0.4, 0.5) is 5.88 Å². The van der Waals surface area contributed by atoms with Gasteiger partial charge in [-0.15, -0.1) is 0 Å². The summed E-state index contributed by atoms with van der Waals surface area (Å²) in [5, 5.41) is 14.9. The van der Waals surface area contributed by atoms with E-state index in [2.05, 4.69) is 15.5 Å². The average molecular weight is 240 g/mol. The van der Waals surface area contributed by atoms with Crippen molar-refractivity contribution in [2.24, 2.45) is 10.1 Å². The van der Waals surface area contributed by atoms with Crippen molar-refractivity contribution in [1.29, 1.82) is 0 Å². The largest absolute Gasteiger partial charge is 0.433 e.